The molecule has 0 aliphatic carbocycles. The predicted molar refractivity (Wildman–Crippen MR) is 92.4 cm³/mol. The summed E-state index contributed by atoms with van der Waals surface area (Å²) in [6, 6.07) is 4.13. The average molecular weight is 347 g/mol. The van der Waals surface area contributed by atoms with Crippen molar-refractivity contribution < 1.29 is 14.0 Å². The lowest BCUT2D eigenvalue weighted by molar-refractivity contribution is -0.136. The zero-order chi connectivity index (χ0) is 18.6. The molecule has 0 unspecified atom stereocenters. The molecule has 0 saturated heterocycles. The lowest BCUT2D eigenvalue weighted by Crippen LogP contribution is -2.40. The van der Waals surface area contributed by atoms with Crippen LogP contribution in [0.2, 0.25) is 0 Å². The van der Waals surface area contributed by atoms with Crippen molar-refractivity contribution >= 4 is 17.5 Å². The van der Waals surface area contributed by atoms with Crippen LogP contribution in [0.1, 0.15) is 17.2 Å². The van der Waals surface area contributed by atoms with Gasteiger partial charge in [-0.3, -0.25) is 14.3 Å². The van der Waals surface area contributed by atoms with Gasteiger partial charge in [-0.25, -0.2) is 4.39 Å². The molecule has 1 aromatic carbocycles. The Bertz CT molecular complexity index is 772. The van der Waals surface area contributed by atoms with Crippen LogP contribution in [0.4, 0.5) is 10.1 Å². The first kappa shape index (κ1) is 18.6. The quantitative estimate of drug-likeness (QED) is 0.797. The van der Waals surface area contributed by atoms with Gasteiger partial charge in [-0.2, -0.15) is 5.10 Å². The SMILES string of the molecule is Cc1ccc(NC(=O)C(=O)NC[C@H](c2cnn(C)c2)N(C)C)cc1F. The highest BCUT2D eigenvalue weighted by Crippen LogP contribution is 2.16. The van der Waals surface area contributed by atoms with E-state index in [9.17, 15) is 14.0 Å². The van der Waals surface area contributed by atoms with Gasteiger partial charge in [0.2, 0.25) is 0 Å². The number of aromatic nitrogens is 2. The van der Waals surface area contributed by atoms with E-state index < -0.39 is 17.6 Å². The van der Waals surface area contributed by atoms with Crippen LogP contribution in [0.15, 0.2) is 30.6 Å². The molecule has 2 amide bonds. The second-order valence-corrected chi connectivity index (χ2v) is 6.05. The number of carbonyl (C=O) groups excluding carboxylic acids is 2. The Morgan fingerprint density at radius 3 is 2.60 bits per heavy atom. The molecule has 0 spiro atoms. The van der Waals surface area contributed by atoms with Crippen molar-refractivity contribution in [1.29, 1.82) is 0 Å². The van der Waals surface area contributed by atoms with E-state index in [0.717, 1.165) is 5.56 Å². The highest BCUT2D eigenvalue weighted by molar-refractivity contribution is 6.39. The molecular formula is C17H22FN5O2. The summed E-state index contributed by atoms with van der Waals surface area (Å²) in [5, 5.41) is 9.10. The molecule has 0 fully saturated rings. The topological polar surface area (TPSA) is 79.3 Å². The fourth-order valence-corrected chi connectivity index (χ4v) is 2.34. The second kappa shape index (κ2) is 7.89. The van der Waals surface area contributed by atoms with Gasteiger partial charge < -0.3 is 15.5 Å². The summed E-state index contributed by atoms with van der Waals surface area (Å²) in [4.78, 5) is 25.9. The maximum absolute atomic E-state index is 13.5. The third kappa shape index (κ3) is 4.87. The Kier molecular flexibility index (Phi) is 5.87. The van der Waals surface area contributed by atoms with Gasteiger partial charge in [0, 0.05) is 31.0 Å². The third-order valence-electron chi connectivity index (χ3n) is 3.82. The van der Waals surface area contributed by atoms with Crippen LogP contribution in [0.5, 0.6) is 0 Å². The monoisotopic (exact) mass is 347 g/mol. The Hall–Kier alpha value is -2.74. The number of nitrogens with one attached hydrogen (secondary N) is 2. The van der Waals surface area contributed by atoms with Crippen molar-refractivity contribution in [2.45, 2.75) is 13.0 Å². The number of anilines is 1. The molecule has 2 rings (SSSR count). The molecule has 134 valence electrons. The molecule has 1 atom stereocenters. The summed E-state index contributed by atoms with van der Waals surface area (Å²) >= 11 is 0. The number of carbonyl (C=O) groups is 2. The summed E-state index contributed by atoms with van der Waals surface area (Å²) in [5.74, 6) is -2.06. The molecule has 0 saturated carbocycles. The van der Waals surface area contributed by atoms with Crippen molar-refractivity contribution in [1.82, 2.24) is 20.0 Å². The van der Waals surface area contributed by atoms with E-state index in [2.05, 4.69) is 15.7 Å². The van der Waals surface area contributed by atoms with Gasteiger partial charge in [-0.1, -0.05) is 6.07 Å². The van der Waals surface area contributed by atoms with Crippen molar-refractivity contribution in [3.8, 4) is 0 Å². The van der Waals surface area contributed by atoms with Crippen LogP contribution >= 0.6 is 0 Å². The molecule has 0 aliphatic heterocycles. The maximum Gasteiger partial charge on any atom is 0.313 e. The van der Waals surface area contributed by atoms with Gasteiger partial charge in [-0.05, 0) is 38.7 Å². The molecule has 0 aliphatic rings. The zero-order valence-corrected chi connectivity index (χ0v) is 14.7. The number of halogens is 1. The number of aryl methyl sites for hydroxylation is 2. The van der Waals surface area contributed by atoms with Crippen molar-refractivity contribution in [2.75, 3.05) is 26.0 Å². The van der Waals surface area contributed by atoms with E-state index in [4.69, 9.17) is 0 Å². The second-order valence-electron chi connectivity index (χ2n) is 6.05. The maximum atomic E-state index is 13.5. The van der Waals surface area contributed by atoms with Gasteiger partial charge in [0.05, 0.1) is 12.2 Å². The Labute approximate surface area is 145 Å². The van der Waals surface area contributed by atoms with E-state index >= 15 is 0 Å². The zero-order valence-electron chi connectivity index (χ0n) is 14.7. The molecule has 1 heterocycles. The minimum absolute atomic E-state index is 0.123. The molecular weight excluding hydrogens is 325 g/mol. The smallest absolute Gasteiger partial charge is 0.313 e. The molecule has 2 N–H and O–H groups in total. The van der Waals surface area contributed by atoms with Gasteiger partial charge in [0.15, 0.2) is 0 Å². The van der Waals surface area contributed by atoms with Gasteiger partial charge in [-0.15, -0.1) is 0 Å². The lowest BCUT2D eigenvalue weighted by Gasteiger charge is -2.23. The minimum atomic E-state index is -0.841. The summed E-state index contributed by atoms with van der Waals surface area (Å²) in [5.41, 5.74) is 1.63. The number of nitrogens with zero attached hydrogens (tertiary/aromatic N) is 3. The van der Waals surface area contributed by atoms with E-state index in [-0.39, 0.29) is 18.3 Å². The molecule has 8 heteroatoms. The number of hydrogen-bond acceptors (Lipinski definition) is 4. The van der Waals surface area contributed by atoms with Crippen LogP contribution in [-0.2, 0) is 16.6 Å². The molecule has 7 nitrogen and oxygen atoms in total. The third-order valence-corrected chi connectivity index (χ3v) is 3.82. The standard InChI is InChI=1S/C17H22FN5O2/c1-11-5-6-13(7-14(11)18)21-17(25)16(24)19-9-15(22(2)3)12-8-20-23(4)10-12/h5-8,10,15H,9H2,1-4H3,(H,19,24)(H,21,25)/t15-/m1/s1. The average Bonchev–Trinajstić information content (AvgIpc) is 2.96. The van der Waals surface area contributed by atoms with E-state index in [0.29, 0.717) is 5.56 Å². The van der Waals surface area contributed by atoms with Crippen LogP contribution in [-0.4, -0.2) is 47.1 Å². The minimum Gasteiger partial charge on any atom is -0.346 e. The van der Waals surface area contributed by atoms with Crippen LogP contribution in [0.3, 0.4) is 0 Å². The van der Waals surface area contributed by atoms with Gasteiger partial charge >= 0.3 is 11.8 Å². The lowest BCUT2D eigenvalue weighted by atomic mass is 10.1. The summed E-state index contributed by atoms with van der Waals surface area (Å²) in [6.07, 6.45) is 3.57. The number of amides is 2. The molecule has 2 aromatic rings. The first-order chi connectivity index (χ1) is 11.8. The Balaban J connectivity index is 1.95. The first-order valence-corrected chi connectivity index (χ1v) is 7.78. The number of rotatable bonds is 5. The number of likely N-dealkylation sites (N-methyl/N-ethyl adjacent to an activating group) is 1. The highest BCUT2D eigenvalue weighted by Gasteiger charge is 2.20. The van der Waals surface area contributed by atoms with Crippen LogP contribution in [0, 0.1) is 12.7 Å². The van der Waals surface area contributed by atoms with Crippen molar-refractivity contribution in [2.24, 2.45) is 7.05 Å². The largest absolute Gasteiger partial charge is 0.346 e. The van der Waals surface area contributed by atoms with E-state index in [1.165, 1.54) is 12.1 Å². The van der Waals surface area contributed by atoms with Crippen molar-refractivity contribution in [3.63, 3.8) is 0 Å². The van der Waals surface area contributed by atoms with Crippen molar-refractivity contribution in [3.05, 3.63) is 47.5 Å². The predicted octanol–water partition coefficient (Wildman–Crippen LogP) is 1.23. The molecule has 0 bridgehead atoms. The summed E-state index contributed by atoms with van der Waals surface area (Å²) in [6.45, 7) is 1.86. The fourth-order valence-electron chi connectivity index (χ4n) is 2.34. The number of benzene rings is 1. The van der Waals surface area contributed by atoms with E-state index in [1.54, 1.807) is 23.9 Å². The fraction of sp³-hybridized carbons (Fsp3) is 0.353. The van der Waals surface area contributed by atoms with E-state index in [1.807, 2.05) is 32.2 Å². The summed E-state index contributed by atoms with van der Waals surface area (Å²) < 4.78 is 15.2. The number of hydrogen-bond donors (Lipinski definition) is 2. The van der Waals surface area contributed by atoms with Gasteiger partial charge in [0.25, 0.3) is 0 Å². The first-order valence-electron chi connectivity index (χ1n) is 7.78. The van der Waals surface area contributed by atoms with Crippen LogP contribution in [0.25, 0.3) is 0 Å². The molecule has 1 aromatic heterocycles. The highest BCUT2D eigenvalue weighted by atomic mass is 19.1. The Morgan fingerprint density at radius 1 is 1.32 bits per heavy atom. The molecule has 0 radical (unpaired) electrons. The Morgan fingerprint density at radius 2 is 2.04 bits per heavy atom. The van der Waals surface area contributed by atoms with Gasteiger partial charge in [0.1, 0.15) is 5.82 Å². The normalized spacial score (nSPS) is 12.1. The summed E-state index contributed by atoms with van der Waals surface area (Å²) in [7, 11) is 5.56. The van der Waals surface area contributed by atoms with Crippen LogP contribution < -0.4 is 10.6 Å². The molecule has 25 heavy (non-hydrogen) atoms.